The van der Waals surface area contributed by atoms with Crippen molar-refractivity contribution in [1.82, 2.24) is 5.32 Å². The highest BCUT2D eigenvalue weighted by Gasteiger charge is 2.18. The van der Waals surface area contributed by atoms with Crippen LogP contribution in [0, 0.1) is 0 Å². The lowest BCUT2D eigenvalue weighted by Gasteiger charge is -2.22. The number of allylic oxidation sites excluding steroid dienone is 1. The second kappa shape index (κ2) is 9.46. The van der Waals surface area contributed by atoms with E-state index in [-0.39, 0.29) is 12.5 Å². The Morgan fingerprint density at radius 3 is 2.34 bits per heavy atom. The van der Waals surface area contributed by atoms with Crippen LogP contribution in [0.3, 0.4) is 0 Å². The van der Waals surface area contributed by atoms with E-state index in [1.165, 1.54) is 29.0 Å². The van der Waals surface area contributed by atoms with Crippen molar-refractivity contribution in [3.05, 3.63) is 76.3 Å². The Bertz CT molecular complexity index is 984. The molecule has 1 aliphatic rings. The molecule has 0 spiro atoms. The molecule has 2 aromatic carbocycles. The summed E-state index contributed by atoms with van der Waals surface area (Å²) in [5.74, 6) is -0.124. The van der Waals surface area contributed by atoms with Crippen molar-refractivity contribution in [3.8, 4) is 0 Å². The average Bonchev–Trinajstić information content (AvgIpc) is 2.71. The Morgan fingerprint density at radius 1 is 1.07 bits per heavy atom. The Morgan fingerprint density at radius 2 is 1.76 bits per heavy atom. The Kier molecular flexibility index (Phi) is 6.98. The van der Waals surface area contributed by atoms with Crippen LogP contribution in [-0.4, -0.2) is 27.1 Å². The van der Waals surface area contributed by atoms with Gasteiger partial charge in [-0.05, 0) is 67.6 Å². The largest absolute Gasteiger partial charge is 0.348 e. The molecule has 0 heterocycles. The van der Waals surface area contributed by atoms with Crippen LogP contribution in [0.5, 0.6) is 0 Å². The van der Waals surface area contributed by atoms with Gasteiger partial charge in [-0.15, -0.1) is 0 Å². The molecule has 1 aliphatic carbocycles. The van der Waals surface area contributed by atoms with Crippen LogP contribution in [-0.2, 0) is 16.6 Å². The highest BCUT2D eigenvalue weighted by atomic mass is 35.5. The zero-order chi connectivity index (χ0) is 20.9. The van der Waals surface area contributed by atoms with E-state index in [0.717, 1.165) is 18.4 Å². The van der Waals surface area contributed by atoms with Crippen LogP contribution in [0.1, 0.15) is 41.6 Å². The van der Waals surface area contributed by atoms with Crippen molar-refractivity contribution in [2.45, 2.75) is 32.2 Å². The Hall–Kier alpha value is -2.31. The molecular weight excluding hydrogens is 408 g/mol. The van der Waals surface area contributed by atoms with Gasteiger partial charge in [0.15, 0.2) is 0 Å². The van der Waals surface area contributed by atoms with Crippen molar-refractivity contribution < 1.29 is 13.2 Å². The molecule has 0 unspecified atom stereocenters. The predicted octanol–water partition coefficient (Wildman–Crippen LogP) is 4.54. The normalized spacial score (nSPS) is 14.2. The number of carbonyl (C=O) groups excluding carboxylic acids is 1. The Labute approximate surface area is 177 Å². The molecule has 0 bridgehead atoms. The van der Waals surface area contributed by atoms with Crippen molar-refractivity contribution in [2.75, 3.05) is 17.1 Å². The van der Waals surface area contributed by atoms with Crippen molar-refractivity contribution in [1.29, 1.82) is 0 Å². The maximum absolute atomic E-state index is 12.4. The van der Waals surface area contributed by atoms with Gasteiger partial charge in [-0.25, -0.2) is 8.42 Å². The minimum atomic E-state index is -3.47. The fourth-order valence-corrected chi connectivity index (χ4v) is 4.31. The first-order valence-electron chi connectivity index (χ1n) is 9.61. The molecule has 1 N–H and O–H groups in total. The minimum absolute atomic E-state index is 0.124. The van der Waals surface area contributed by atoms with E-state index in [0.29, 0.717) is 22.8 Å². The maximum atomic E-state index is 12.4. The zero-order valence-corrected chi connectivity index (χ0v) is 18.0. The number of hydrogen-bond donors (Lipinski definition) is 1. The van der Waals surface area contributed by atoms with Crippen LogP contribution < -0.4 is 9.62 Å². The Balaban J connectivity index is 1.67. The second-order valence-corrected chi connectivity index (χ2v) is 9.58. The fourth-order valence-electron chi connectivity index (χ4n) is 3.30. The first kappa shape index (κ1) is 21.4. The number of halogens is 1. The van der Waals surface area contributed by atoms with Gasteiger partial charge in [0.25, 0.3) is 5.91 Å². The van der Waals surface area contributed by atoms with E-state index >= 15 is 0 Å². The van der Waals surface area contributed by atoms with Gasteiger partial charge in [-0.2, -0.15) is 0 Å². The number of hydrogen-bond acceptors (Lipinski definition) is 3. The summed E-state index contributed by atoms with van der Waals surface area (Å²) in [5, 5.41) is 3.50. The van der Waals surface area contributed by atoms with Crippen LogP contribution in [0.25, 0.3) is 0 Å². The molecule has 1 amide bonds. The van der Waals surface area contributed by atoms with Gasteiger partial charge in [0.2, 0.25) is 10.0 Å². The molecule has 5 nitrogen and oxygen atoms in total. The summed E-state index contributed by atoms with van der Waals surface area (Å²) >= 11 is 5.90. The predicted molar refractivity (Wildman–Crippen MR) is 118 cm³/mol. The van der Waals surface area contributed by atoms with Crippen molar-refractivity contribution >= 4 is 33.2 Å². The third-order valence-corrected chi connectivity index (χ3v) is 6.31. The maximum Gasteiger partial charge on any atom is 0.251 e. The molecular formula is C22H25ClN2O3S. The van der Waals surface area contributed by atoms with Gasteiger partial charge in [0.1, 0.15) is 0 Å². The topological polar surface area (TPSA) is 66.5 Å². The molecule has 0 aromatic heterocycles. The van der Waals surface area contributed by atoms with Gasteiger partial charge in [0, 0.05) is 17.1 Å². The molecule has 0 radical (unpaired) electrons. The second-order valence-electron chi connectivity index (χ2n) is 7.23. The summed E-state index contributed by atoms with van der Waals surface area (Å²) in [7, 11) is -3.47. The molecule has 0 atom stereocenters. The van der Waals surface area contributed by atoms with Crippen molar-refractivity contribution in [3.63, 3.8) is 0 Å². The first-order valence-corrected chi connectivity index (χ1v) is 11.8. The summed E-state index contributed by atoms with van der Waals surface area (Å²) < 4.78 is 25.8. The quantitative estimate of drug-likeness (QED) is 0.653. The molecule has 154 valence electrons. The third-order valence-electron chi connectivity index (χ3n) is 4.92. The van der Waals surface area contributed by atoms with Crippen LogP contribution >= 0.6 is 11.6 Å². The van der Waals surface area contributed by atoms with Gasteiger partial charge in [-0.3, -0.25) is 9.10 Å². The standard InChI is InChI=1S/C22H25ClN2O3S/c1-29(27,28)25(21-13-11-20(23)12-14-21)16-18-7-9-19(10-8-18)22(26)24-15-17-5-3-2-4-6-17/h5,7-14H,2-4,6,15-16H2,1H3,(H,24,26). The summed E-state index contributed by atoms with van der Waals surface area (Å²) in [6.45, 7) is 0.758. The molecule has 0 aliphatic heterocycles. The van der Waals surface area contributed by atoms with Crippen LogP contribution in [0.4, 0.5) is 5.69 Å². The lowest BCUT2D eigenvalue weighted by molar-refractivity contribution is 0.0956. The fraction of sp³-hybridized carbons (Fsp3) is 0.318. The number of carbonyl (C=O) groups is 1. The number of benzene rings is 2. The van der Waals surface area contributed by atoms with Gasteiger partial charge < -0.3 is 5.32 Å². The van der Waals surface area contributed by atoms with Gasteiger partial charge in [-0.1, -0.05) is 35.4 Å². The van der Waals surface area contributed by atoms with E-state index < -0.39 is 10.0 Å². The van der Waals surface area contributed by atoms with Gasteiger partial charge >= 0.3 is 0 Å². The number of amides is 1. The zero-order valence-electron chi connectivity index (χ0n) is 16.4. The van der Waals surface area contributed by atoms with E-state index in [2.05, 4.69) is 11.4 Å². The molecule has 0 saturated carbocycles. The number of nitrogens with zero attached hydrogens (tertiary/aromatic N) is 1. The number of sulfonamides is 1. The van der Waals surface area contributed by atoms with Crippen LogP contribution in [0.15, 0.2) is 60.2 Å². The van der Waals surface area contributed by atoms with E-state index in [4.69, 9.17) is 11.6 Å². The number of rotatable bonds is 7. The lowest BCUT2D eigenvalue weighted by atomic mass is 9.99. The average molecular weight is 433 g/mol. The third kappa shape index (κ3) is 6.08. The van der Waals surface area contributed by atoms with E-state index in [1.54, 1.807) is 48.5 Å². The monoisotopic (exact) mass is 432 g/mol. The number of nitrogens with one attached hydrogen (secondary N) is 1. The van der Waals surface area contributed by atoms with Crippen molar-refractivity contribution in [2.24, 2.45) is 0 Å². The van der Waals surface area contributed by atoms with E-state index in [9.17, 15) is 13.2 Å². The van der Waals surface area contributed by atoms with E-state index in [1.807, 2.05) is 0 Å². The summed E-state index contributed by atoms with van der Waals surface area (Å²) in [6, 6.07) is 13.7. The minimum Gasteiger partial charge on any atom is -0.348 e. The molecule has 7 heteroatoms. The SMILES string of the molecule is CS(=O)(=O)N(Cc1ccc(C(=O)NCC2=CCCCC2)cc1)c1ccc(Cl)cc1. The molecule has 3 rings (SSSR count). The van der Waals surface area contributed by atoms with Crippen LogP contribution in [0.2, 0.25) is 5.02 Å². The molecule has 0 fully saturated rings. The summed E-state index contributed by atoms with van der Waals surface area (Å²) in [5.41, 5.74) is 3.17. The first-order chi connectivity index (χ1) is 13.8. The summed E-state index contributed by atoms with van der Waals surface area (Å²) in [6.07, 6.45) is 7.92. The molecule has 0 saturated heterocycles. The molecule has 29 heavy (non-hydrogen) atoms. The summed E-state index contributed by atoms with van der Waals surface area (Å²) in [4.78, 5) is 12.4. The molecule has 2 aromatic rings. The smallest absolute Gasteiger partial charge is 0.251 e. The lowest BCUT2D eigenvalue weighted by Crippen LogP contribution is -2.29. The number of anilines is 1. The van der Waals surface area contributed by atoms with Gasteiger partial charge in [0.05, 0.1) is 18.5 Å². The highest BCUT2D eigenvalue weighted by molar-refractivity contribution is 7.92. The highest BCUT2D eigenvalue weighted by Crippen LogP contribution is 2.23.